The third kappa shape index (κ3) is 3.71. The van der Waals surface area contributed by atoms with Gasteiger partial charge in [-0.05, 0) is 0 Å². The summed E-state index contributed by atoms with van der Waals surface area (Å²) in [6.07, 6.45) is 0. The number of hydrogen-bond donors (Lipinski definition) is 0. The van der Waals surface area contributed by atoms with Gasteiger partial charge in [-0.1, -0.05) is 60.7 Å². The van der Waals surface area contributed by atoms with E-state index in [9.17, 15) is 4.79 Å². The standard InChI is InChI=1S/C13H10O.2Li/c14-13(11-7-3-1-4-8-11)12-9-5-2-6-10-12;;/h1-10H;;/q;2*+1. The zero-order valence-electron chi connectivity index (χ0n) is 9.68. The van der Waals surface area contributed by atoms with Crippen LogP contribution >= 0.6 is 0 Å². The maximum atomic E-state index is 11.8. The molecule has 0 atom stereocenters. The predicted molar refractivity (Wildman–Crippen MR) is 56.3 cm³/mol. The summed E-state index contributed by atoms with van der Waals surface area (Å²) in [5, 5.41) is 0. The Labute approximate surface area is 120 Å². The Balaban J connectivity index is 0.00000112. The number of carbonyl (C=O) groups excluding carboxylic acids is 1. The van der Waals surface area contributed by atoms with Gasteiger partial charge < -0.3 is 0 Å². The fraction of sp³-hybridized carbons (Fsp3) is 0. The molecule has 0 radical (unpaired) electrons. The summed E-state index contributed by atoms with van der Waals surface area (Å²) in [4.78, 5) is 11.8. The predicted octanol–water partition coefficient (Wildman–Crippen LogP) is -3.07. The minimum Gasteiger partial charge on any atom is -0.289 e. The monoisotopic (exact) mass is 196 g/mol. The van der Waals surface area contributed by atoms with Crippen LogP contribution in [0.15, 0.2) is 60.7 Å². The number of benzene rings is 2. The summed E-state index contributed by atoms with van der Waals surface area (Å²) in [7, 11) is 0. The Bertz CT molecular complexity index is 385. The van der Waals surface area contributed by atoms with E-state index in [0.29, 0.717) is 0 Å². The molecule has 0 aliphatic carbocycles. The molecular formula is C13H10Li2O+2. The van der Waals surface area contributed by atoms with Gasteiger partial charge in [-0.3, -0.25) is 4.79 Å². The van der Waals surface area contributed by atoms with E-state index in [-0.39, 0.29) is 43.5 Å². The Morgan fingerprint density at radius 2 is 0.938 bits per heavy atom. The molecule has 0 saturated carbocycles. The fourth-order valence-corrected chi connectivity index (χ4v) is 1.35. The molecule has 0 aromatic heterocycles. The van der Waals surface area contributed by atoms with Crippen LogP contribution < -0.4 is 37.7 Å². The molecule has 2 aromatic carbocycles. The van der Waals surface area contributed by atoms with Crippen molar-refractivity contribution in [2.75, 3.05) is 0 Å². The molecule has 0 amide bonds. The molecule has 16 heavy (non-hydrogen) atoms. The molecule has 3 heteroatoms. The van der Waals surface area contributed by atoms with E-state index in [4.69, 9.17) is 0 Å². The van der Waals surface area contributed by atoms with Crippen LogP contribution in [0.4, 0.5) is 0 Å². The first kappa shape index (κ1) is 15.3. The summed E-state index contributed by atoms with van der Waals surface area (Å²) < 4.78 is 0. The molecule has 1 nitrogen and oxygen atoms in total. The molecule has 68 valence electrons. The van der Waals surface area contributed by atoms with Crippen LogP contribution in [0, 0.1) is 0 Å². The van der Waals surface area contributed by atoms with Crippen LogP contribution in [0.5, 0.6) is 0 Å². The fourth-order valence-electron chi connectivity index (χ4n) is 1.35. The summed E-state index contributed by atoms with van der Waals surface area (Å²) in [6.45, 7) is 0. The van der Waals surface area contributed by atoms with Gasteiger partial charge in [0.25, 0.3) is 0 Å². The second kappa shape index (κ2) is 7.56. The second-order valence-electron chi connectivity index (χ2n) is 3.06. The first-order chi connectivity index (χ1) is 6.88. The Hall–Kier alpha value is -0.695. The third-order valence-electron chi connectivity index (χ3n) is 2.07. The van der Waals surface area contributed by atoms with Crippen LogP contribution in [0.25, 0.3) is 0 Å². The summed E-state index contributed by atoms with van der Waals surface area (Å²) in [5.74, 6) is 0.0752. The van der Waals surface area contributed by atoms with Gasteiger partial charge in [0, 0.05) is 11.1 Å². The summed E-state index contributed by atoms with van der Waals surface area (Å²) in [5.41, 5.74) is 1.47. The first-order valence-electron chi connectivity index (χ1n) is 4.53. The molecule has 2 aromatic rings. The van der Waals surface area contributed by atoms with Crippen LogP contribution in [0.1, 0.15) is 15.9 Å². The average Bonchev–Trinajstić information content (AvgIpc) is 2.30. The van der Waals surface area contributed by atoms with E-state index in [1.54, 1.807) is 0 Å². The second-order valence-corrected chi connectivity index (χ2v) is 3.06. The van der Waals surface area contributed by atoms with E-state index in [0.717, 1.165) is 11.1 Å². The van der Waals surface area contributed by atoms with E-state index in [2.05, 4.69) is 0 Å². The molecule has 0 N–H and O–H groups in total. The van der Waals surface area contributed by atoms with Crippen molar-refractivity contribution in [3.05, 3.63) is 71.8 Å². The van der Waals surface area contributed by atoms with Crippen molar-refractivity contribution in [1.29, 1.82) is 0 Å². The molecule has 0 aliphatic rings. The maximum absolute atomic E-state index is 11.8. The van der Waals surface area contributed by atoms with Crippen LogP contribution in [-0.2, 0) is 0 Å². The minimum atomic E-state index is 0. The first-order valence-corrected chi connectivity index (χ1v) is 4.53. The molecule has 0 bridgehead atoms. The number of rotatable bonds is 2. The smallest absolute Gasteiger partial charge is 0.289 e. The zero-order valence-corrected chi connectivity index (χ0v) is 9.68. The molecule has 0 aliphatic heterocycles. The topological polar surface area (TPSA) is 17.1 Å². The van der Waals surface area contributed by atoms with Crippen molar-refractivity contribution in [1.82, 2.24) is 0 Å². The van der Waals surface area contributed by atoms with Crippen molar-refractivity contribution < 1.29 is 42.5 Å². The van der Waals surface area contributed by atoms with Gasteiger partial charge >= 0.3 is 37.7 Å². The number of carbonyl (C=O) groups is 1. The van der Waals surface area contributed by atoms with Gasteiger partial charge in [-0.2, -0.15) is 0 Å². The van der Waals surface area contributed by atoms with Crippen molar-refractivity contribution in [2.24, 2.45) is 0 Å². The van der Waals surface area contributed by atoms with E-state index >= 15 is 0 Å². The third-order valence-corrected chi connectivity index (χ3v) is 2.07. The van der Waals surface area contributed by atoms with Gasteiger partial charge in [0.2, 0.25) is 0 Å². The molecule has 0 fully saturated rings. The van der Waals surface area contributed by atoms with E-state index in [1.807, 2.05) is 60.7 Å². The quantitative estimate of drug-likeness (QED) is 0.368. The molecular weight excluding hydrogens is 186 g/mol. The Morgan fingerprint density at radius 1 is 0.625 bits per heavy atom. The van der Waals surface area contributed by atoms with Gasteiger partial charge in [0.15, 0.2) is 5.78 Å². The summed E-state index contributed by atoms with van der Waals surface area (Å²) >= 11 is 0. The Morgan fingerprint density at radius 3 is 1.25 bits per heavy atom. The van der Waals surface area contributed by atoms with Crippen LogP contribution in [0.3, 0.4) is 0 Å². The van der Waals surface area contributed by atoms with Gasteiger partial charge in [0.1, 0.15) is 0 Å². The van der Waals surface area contributed by atoms with E-state index in [1.165, 1.54) is 0 Å². The largest absolute Gasteiger partial charge is 1.00 e. The zero-order chi connectivity index (χ0) is 9.80. The van der Waals surface area contributed by atoms with Gasteiger partial charge in [-0.15, -0.1) is 0 Å². The van der Waals surface area contributed by atoms with Crippen LogP contribution in [-0.4, -0.2) is 5.78 Å². The summed E-state index contributed by atoms with van der Waals surface area (Å²) in [6, 6.07) is 18.6. The molecule has 0 saturated heterocycles. The maximum Gasteiger partial charge on any atom is 1.00 e. The normalized spacial score (nSPS) is 8.50. The van der Waals surface area contributed by atoms with Crippen molar-refractivity contribution >= 4 is 5.78 Å². The Kier molecular flexibility index (Phi) is 7.23. The molecule has 0 heterocycles. The van der Waals surface area contributed by atoms with Gasteiger partial charge in [0.05, 0.1) is 0 Å². The molecule has 0 unspecified atom stereocenters. The van der Waals surface area contributed by atoms with E-state index < -0.39 is 0 Å². The molecule has 0 spiro atoms. The molecule has 2 rings (SSSR count). The number of ketones is 1. The average molecular weight is 196 g/mol. The SMILES string of the molecule is O=C(c1ccccc1)c1ccccc1.[Li+].[Li+]. The van der Waals surface area contributed by atoms with Crippen molar-refractivity contribution in [3.63, 3.8) is 0 Å². The van der Waals surface area contributed by atoms with Gasteiger partial charge in [-0.25, -0.2) is 0 Å². The van der Waals surface area contributed by atoms with Crippen LogP contribution in [0.2, 0.25) is 0 Å². The number of hydrogen-bond acceptors (Lipinski definition) is 1. The minimum absolute atomic E-state index is 0. The van der Waals surface area contributed by atoms with Crippen molar-refractivity contribution in [2.45, 2.75) is 0 Å². The van der Waals surface area contributed by atoms with Crippen molar-refractivity contribution in [3.8, 4) is 0 Å².